The molecule has 0 saturated carbocycles. The summed E-state index contributed by atoms with van der Waals surface area (Å²) in [6, 6.07) is 6.07. The average molecular weight is 277 g/mol. The molecule has 0 saturated heterocycles. The fourth-order valence-electron chi connectivity index (χ4n) is 1.76. The van der Waals surface area contributed by atoms with Crippen LogP contribution in [0.15, 0.2) is 35.1 Å². The molecule has 5 heteroatoms. The number of hydrogen-bond donors (Lipinski definition) is 1. The average Bonchev–Trinajstić information content (AvgIpc) is 2.83. The number of halogens is 1. The zero-order valence-electron chi connectivity index (χ0n) is 8.61. The lowest BCUT2D eigenvalue weighted by Crippen LogP contribution is -1.84. The molecule has 3 rings (SSSR count). The summed E-state index contributed by atoms with van der Waals surface area (Å²) in [5, 5.41) is 12.6. The van der Waals surface area contributed by atoms with Crippen molar-refractivity contribution in [2.75, 3.05) is 0 Å². The van der Waals surface area contributed by atoms with Gasteiger partial charge in [0.2, 0.25) is 0 Å². The first-order valence-electron chi connectivity index (χ1n) is 4.87. The van der Waals surface area contributed by atoms with E-state index in [1.807, 2.05) is 37.6 Å². The Morgan fingerprint density at radius 3 is 3.00 bits per heavy atom. The van der Waals surface area contributed by atoms with Crippen LogP contribution in [0.25, 0.3) is 22.2 Å². The van der Waals surface area contributed by atoms with E-state index in [0.29, 0.717) is 0 Å². The van der Waals surface area contributed by atoms with Crippen molar-refractivity contribution in [2.45, 2.75) is 0 Å². The lowest BCUT2D eigenvalue weighted by molar-refractivity contribution is 0.768. The number of rotatable bonds is 1. The Morgan fingerprint density at radius 2 is 2.25 bits per heavy atom. The minimum atomic E-state index is 0.940. The molecule has 0 amide bonds. The molecule has 80 valence electrons. The number of hydrogen-bond acceptors (Lipinski definition) is 2. The van der Waals surface area contributed by atoms with E-state index in [9.17, 15) is 0 Å². The third-order valence-electron chi connectivity index (χ3n) is 2.50. The molecule has 1 aromatic carbocycles. The van der Waals surface area contributed by atoms with Crippen LogP contribution >= 0.6 is 15.9 Å². The largest absolute Gasteiger partial charge is 0.277 e. The summed E-state index contributed by atoms with van der Waals surface area (Å²) in [4.78, 5) is 0. The van der Waals surface area contributed by atoms with Crippen molar-refractivity contribution in [1.82, 2.24) is 20.0 Å². The summed E-state index contributed by atoms with van der Waals surface area (Å²) in [7, 11) is 1.90. The number of benzene rings is 1. The Kier molecular flexibility index (Phi) is 2.07. The molecule has 4 nitrogen and oxygen atoms in total. The summed E-state index contributed by atoms with van der Waals surface area (Å²) < 4.78 is 2.82. The van der Waals surface area contributed by atoms with Crippen LogP contribution in [0.1, 0.15) is 0 Å². The molecule has 16 heavy (non-hydrogen) atoms. The summed E-state index contributed by atoms with van der Waals surface area (Å²) in [5.41, 5.74) is 2.99. The monoisotopic (exact) mass is 276 g/mol. The molecule has 2 aromatic heterocycles. The fraction of sp³-hybridized carbons (Fsp3) is 0.0909. The highest BCUT2D eigenvalue weighted by Gasteiger charge is 2.09. The number of nitrogens with zero attached hydrogens (tertiary/aromatic N) is 3. The van der Waals surface area contributed by atoms with Gasteiger partial charge in [-0.25, -0.2) is 0 Å². The van der Waals surface area contributed by atoms with Crippen LogP contribution in [0.4, 0.5) is 0 Å². The number of fused-ring (bicyclic) bond motifs is 1. The predicted molar refractivity (Wildman–Crippen MR) is 66.0 cm³/mol. The number of aromatic nitrogens is 4. The first kappa shape index (κ1) is 9.59. The number of H-pyrrole nitrogens is 1. The summed E-state index contributed by atoms with van der Waals surface area (Å²) in [5.74, 6) is 0. The second kappa shape index (κ2) is 3.45. The molecule has 0 spiro atoms. The number of nitrogens with one attached hydrogen (secondary N) is 1. The van der Waals surface area contributed by atoms with Crippen molar-refractivity contribution in [3.63, 3.8) is 0 Å². The summed E-state index contributed by atoms with van der Waals surface area (Å²) in [6.45, 7) is 0. The van der Waals surface area contributed by atoms with E-state index in [0.717, 1.165) is 26.6 Å². The molecule has 1 N–H and O–H groups in total. The Bertz CT molecular complexity index is 653. The van der Waals surface area contributed by atoms with Gasteiger partial charge in [-0.1, -0.05) is 15.9 Å². The maximum atomic E-state index is 4.32. The highest BCUT2D eigenvalue weighted by molar-refractivity contribution is 9.10. The van der Waals surface area contributed by atoms with Gasteiger partial charge in [0, 0.05) is 28.7 Å². The van der Waals surface area contributed by atoms with Gasteiger partial charge in [-0.3, -0.25) is 9.78 Å². The fourth-order valence-corrected chi connectivity index (χ4v) is 2.12. The molecule has 0 aliphatic heterocycles. The van der Waals surface area contributed by atoms with E-state index >= 15 is 0 Å². The lowest BCUT2D eigenvalue weighted by atomic mass is 10.1. The topological polar surface area (TPSA) is 46.5 Å². The molecule has 0 aliphatic rings. The first-order valence-corrected chi connectivity index (χ1v) is 5.66. The molecule has 0 radical (unpaired) electrons. The Labute approximate surface area is 100 Å². The minimum Gasteiger partial charge on any atom is -0.277 e. The van der Waals surface area contributed by atoms with E-state index in [2.05, 4.69) is 31.2 Å². The van der Waals surface area contributed by atoms with Crippen LogP contribution < -0.4 is 0 Å². The standard InChI is InChI=1S/C11H9BrN4/c1-16-6-7(5-13-16)11-9-3-2-8(12)4-10(9)14-15-11/h2-6H,1H3,(H,14,15). The van der Waals surface area contributed by atoms with Crippen LogP contribution in [-0.2, 0) is 7.05 Å². The molecule has 0 atom stereocenters. The van der Waals surface area contributed by atoms with Gasteiger partial charge >= 0.3 is 0 Å². The van der Waals surface area contributed by atoms with Gasteiger partial charge in [-0.2, -0.15) is 10.2 Å². The van der Waals surface area contributed by atoms with E-state index in [1.165, 1.54) is 0 Å². The third-order valence-corrected chi connectivity index (χ3v) is 3.00. The van der Waals surface area contributed by atoms with E-state index in [4.69, 9.17) is 0 Å². The molecule has 0 fully saturated rings. The van der Waals surface area contributed by atoms with Gasteiger partial charge in [0.15, 0.2) is 0 Å². The molecular weight excluding hydrogens is 268 g/mol. The highest BCUT2D eigenvalue weighted by atomic mass is 79.9. The predicted octanol–water partition coefficient (Wildman–Crippen LogP) is 2.73. The maximum absolute atomic E-state index is 4.32. The Hall–Kier alpha value is -1.62. The highest BCUT2D eigenvalue weighted by Crippen LogP contribution is 2.27. The summed E-state index contributed by atoms with van der Waals surface area (Å²) in [6.07, 6.45) is 3.77. The molecule has 0 unspecified atom stereocenters. The van der Waals surface area contributed by atoms with Crippen molar-refractivity contribution in [1.29, 1.82) is 0 Å². The second-order valence-corrected chi connectivity index (χ2v) is 4.58. The van der Waals surface area contributed by atoms with Crippen LogP contribution in [0.5, 0.6) is 0 Å². The van der Waals surface area contributed by atoms with E-state index in [1.54, 1.807) is 4.68 Å². The van der Waals surface area contributed by atoms with Crippen molar-refractivity contribution >= 4 is 26.8 Å². The van der Waals surface area contributed by atoms with Crippen LogP contribution in [-0.4, -0.2) is 20.0 Å². The van der Waals surface area contributed by atoms with E-state index in [-0.39, 0.29) is 0 Å². The van der Waals surface area contributed by atoms with Gasteiger partial charge in [-0.05, 0) is 18.2 Å². The smallest absolute Gasteiger partial charge is 0.103 e. The quantitative estimate of drug-likeness (QED) is 0.743. The number of aromatic amines is 1. The van der Waals surface area contributed by atoms with Crippen LogP contribution in [0, 0.1) is 0 Å². The van der Waals surface area contributed by atoms with Crippen molar-refractivity contribution in [3.8, 4) is 11.3 Å². The van der Waals surface area contributed by atoms with Crippen molar-refractivity contribution < 1.29 is 0 Å². The van der Waals surface area contributed by atoms with Gasteiger partial charge in [0.1, 0.15) is 5.69 Å². The first-order chi connectivity index (χ1) is 7.74. The van der Waals surface area contributed by atoms with Gasteiger partial charge in [0.25, 0.3) is 0 Å². The Morgan fingerprint density at radius 1 is 1.38 bits per heavy atom. The second-order valence-electron chi connectivity index (χ2n) is 3.66. The SMILES string of the molecule is Cn1cc(-c2n[nH]c3cc(Br)ccc23)cn1. The molecule has 0 aliphatic carbocycles. The number of aryl methyl sites for hydroxylation is 1. The molecule has 2 heterocycles. The van der Waals surface area contributed by atoms with E-state index < -0.39 is 0 Å². The van der Waals surface area contributed by atoms with Crippen molar-refractivity contribution in [2.24, 2.45) is 7.05 Å². The van der Waals surface area contributed by atoms with Gasteiger partial charge in [0.05, 0.1) is 11.7 Å². The lowest BCUT2D eigenvalue weighted by Gasteiger charge is -1.93. The molecular formula is C11H9BrN4. The normalized spacial score (nSPS) is 11.1. The van der Waals surface area contributed by atoms with Gasteiger partial charge in [-0.15, -0.1) is 0 Å². The maximum Gasteiger partial charge on any atom is 0.103 e. The van der Waals surface area contributed by atoms with Crippen LogP contribution in [0.2, 0.25) is 0 Å². The molecule has 3 aromatic rings. The third kappa shape index (κ3) is 1.44. The summed E-state index contributed by atoms with van der Waals surface area (Å²) >= 11 is 3.44. The van der Waals surface area contributed by atoms with Crippen LogP contribution in [0.3, 0.4) is 0 Å². The zero-order chi connectivity index (χ0) is 11.1. The molecule has 0 bridgehead atoms. The Balaban J connectivity index is 2.25. The minimum absolute atomic E-state index is 0.940. The van der Waals surface area contributed by atoms with Gasteiger partial charge < -0.3 is 0 Å². The zero-order valence-corrected chi connectivity index (χ0v) is 10.2. The van der Waals surface area contributed by atoms with Crippen molar-refractivity contribution in [3.05, 3.63) is 35.1 Å².